The number of para-hydroxylation sites is 1. The predicted molar refractivity (Wildman–Crippen MR) is 100 cm³/mol. The number of rotatable bonds is 4. The number of aromatic nitrogens is 3. The molecule has 2 aromatic carbocycles. The molecule has 2 heterocycles. The first kappa shape index (κ1) is 17.0. The largest absolute Gasteiger partial charge is 0.354 e. The third-order valence-electron chi connectivity index (χ3n) is 4.43. The lowest BCUT2D eigenvalue weighted by Crippen LogP contribution is -2.50. The average Bonchev–Trinajstić information content (AvgIpc) is 3.17. The maximum atomic E-state index is 12.7. The van der Waals surface area contributed by atoms with E-state index in [1.54, 1.807) is 4.68 Å². The van der Waals surface area contributed by atoms with Crippen LogP contribution in [-0.4, -0.2) is 39.2 Å². The highest BCUT2D eigenvalue weighted by atomic mass is 16.2. The van der Waals surface area contributed by atoms with Crippen LogP contribution in [-0.2, 0) is 4.79 Å². The van der Waals surface area contributed by atoms with Gasteiger partial charge in [0.05, 0.1) is 5.69 Å². The van der Waals surface area contributed by atoms with Crippen LogP contribution in [0.2, 0.25) is 0 Å². The standard InChI is InChI=1S/C20H19N5O2/c26-19-16(12-7-13-21-19)22-20(27)17-23-18(14-8-3-1-4-9-14)25(24-17)15-10-5-2-6-11-15/h1-6,8-11,16H,7,12-13H2,(H,21,26)(H,22,27). The van der Waals surface area contributed by atoms with Gasteiger partial charge in [-0.05, 0) is 25.0 Å². The Morgan fingerprint density at radius 3 is 2.48 bits per heavy atom. The molecule has 136 valence electrons. The maximum absolute atomic E-state index is 12.7. The quantitative estimate of drug-likeness (QED) is 0.743. The summed E-state index contributed by atoms with van der Waals surface area (Å²) in [6.45, 7) is 0.643. The fourth-order valence-electron chi connectivity index (χ4n) is 3.06. The molecule has 0 bridgehead atoms. The van der Waals surface area contributed by atoms with E-state index in [9.17, 15) is 9.59 Å². The molecule has 1 unspecified atom stereocenters. The van der Waals surface area contributed by atoms with Gasteiger partial charge in [-0.15, -0.1) is 5.10 Å². The van der Waals surface area contributed by atoms with Gasteiger partial charge in [-0.1, -0.05) is 48.5 Å². The summed E-state index contributed by atoms with van der Waals surface area (Å²) in [6, 6.07) is 18.5. The lowest BCUT2D eigenvalue weighted by atomic mass is 10.1. The van der Waals surface area contributed by atoms with Gasteiger partial charge in [0.2, 0.25) is 11.7 Å². The first-order valence-electron chi connectivity index (χ1n) is 8.89. The van der Waals surface area contributed by atoms with Crippen LogP contribution in [0.3, 0.4) is 0 Å². The molecule has 0 radical (unpaired) electrons. The molecule has 4 rings (SSSR count). The van der Waals surface area contributed by atoms with Gasteiger partial charge < -0.3 is 10.6 Å². The van der Waals surface area contributed by atoms with E-state index < -0.39 is 11.9 Å². The van der Waals surface area contributed by atoms with Crippen LogP contribution in [0.1, 0.15) is 23.5 Å². The zero-order chi connectivity index (χ0) is 18.6. The number of amides is 2. The summed E-state index contributed by atoms with van der Waals surface area (Å²) in [7, 11) is 0. The van der Waals surface area contributed by atoms with Gasteiger partial charge in [-0.2, -0.15) is 0 Å². The van der Waals surface area contributed by atoms with E-state index >= 15 is 0 Å². The molecule has 0 spiro atoms. The Morgan fingerprint density at radius 1 is 1.07 bits per heavy atom. The summed E-state index contributed by atoms with van der Waals surface area (Å²) in [5, 5.41) is 9.91. The van der Waals surface area contributed by atoms with Crippen molar-refractivity contribution in [1.82, 2.24) is 25.4 Å². The minimum absolute atomic E-state index is 0.0380. The van der Waals surface area contributed by atoms with E-state index in [0.29, 0.717) is 18.8 Å². The minimum atomic E-state index is -0.546. The van der Waals surface area contributed by atoms with Gasteiger partial charge in [0, 0.05) is 12.1 Å². The van der Waals surface area contributed by atoms with Crippen molar-refractivity contribution in [2.24, 2.45) is 0 Å². The number of hydrogen-bond acceptors (Lipinski definition) is 4. The van der Waals surface area contributed by atoms with Gasteiger partial charge in [0.1, 0.15) is 6.04 Å². The summed E-state index contributed by atoms with van der Waals surface area (Å²) in [5.41, 5.74) is 1.65. The molecule has 3 aromatic rings. The number of benzene rings is 2. The van der Waals surface area contributed by atoms with Crippen molar-refractivity contribution in [2.75, 3.05) is 6.54 Å². The highest BCUT2D eigenvalue weighted by molar-refractivity contribution is 5.95. The molecule has 1 aliphatic heterocycles. The lowest BCUT2D eigenvalue weighted by molar-refractivity contribution is -0.124. The monoisotopic (exact) mass is 361 g/mol. The topological polar surface area (TPSA) is 88.9 Å². The summed E-state index contributed by atoms with van der Waals surface area (Å²) in [6.07, 6.45) is 1.44. The molecular weight excluding hydrogens is 342 g/mol. The van der Waals surface area contributed by atoms with Gasteiger partial charge in [-0.25, -0.2) is 9.67 Å². The van der Waals surface area contributed by atoms with Gasteiger partial charge in [-0.3, -0.25) is 9.59 Å². The summed E-state index contributed by atoms with van der Waals surface area (Å²) in [4.78, 5) is 29.0. The van der Waals surface area contributed by atoms with Crippen molar-refractivity contribution in [2.45, 2.75) is 18.9 Å². The minimum Gasteiger partial charge on any atom is -0.354 e. The highest BCUT2D eigenvalue weighted by Gasteiger charge is 2.26. The normalized spacial score (nSPS) is 16.6. The second-order valence-electron chi connectivity index (χ2n) is 6.33. The fraction of sp³-hybridized carbons (Fsp3) is 0.200. The third kappa shape index (κ3) is 3.57. The highest BCUT2D eigenvalue weighted by Crippen LogP contribution is 2.21. The van der Waals surface area contributed by atoms with E-state index in [0.717, 1.165) is 17.7 Å². The third-order valence-corrected chi connectivity index (χ3v) is 4.43. The van der Waals surface area contributed by atoms with E-state index in [1.807, 2.05) is 60.7 Å². The average molecular weight is 361 g/mol. The number of nitrogens with one attached hydrogen (secondary N) is 2. The molecule has 7 nitrogen and oxygen atoms in total. The Morgan fingerprint density at radius 2 is 1.78 bits per heavy atom. The number of carbonyl (C=O) groups is 2. The van der Waals surface area contributed by atoms with E-state index in [1.165, 1.54) is 0 Å². The predicted octanol–water partition coefficient (Wildman–Crippen LogP) is 1.94. The van der Waals surface area contributed by atoms with Crippen LogP contribution in [0.15, 0.2) is 60.7 Å². The van der Waals surface area contributed by atoms with Crippen LogP contribution in [0, 0.1) is 0 Å². The number of piperidine rings is 1. The zero-order valence-corrected chi connectivity index (χ0v) is 14.6. The van der Waals surface area contributed by atoms with Crippen molar-refractivity contribution in [1.29, 1.82) is 0 Å². The van der Waals surface area contributed by atoms with Crippen molar-refractivity contribution >= 4 is 11.8 Å². The van der Waals surface area contributed by atoms with E-state index in [2.05, 4.69) is 20.7 Å². The molecule has 0 saturated carbocycles. The van der Waals surface area contributed by atoms with Gasteiger partial charge in [0.25, 0.3) is 5.91 Å². The first-order chi connectivity index (χ1) is 13.2. The smallest absolute Gasteiger partial charge is 0.291 e. The zero-order valence-electron chi connectivity index (χ0n) is 14.6. The summed E-state index contributed by atoms with van der Waals surface area (Å²) >= 11 is 0. The summed E-state index contributed by atoms with van der Waals surface area (Å²) < 4.78 is 1.64. The Balaban J connectivity index is 1.69. The van der Waals surface area contributed by atoms with Crippen LogP contribution >= 0.6 is 0 Å². The molecular formula is C20H19N5O2. The van der Waals surface area contributed by atoms with Crippen molar-refractivity contribution in [3.8, 4) is 17.1 Å². The van der Waals surface area contributed by atoms with Gasteiger partial charge >= 0.3 is 0 Å². The number of carbonyl (C=O) groups excluding carboxylic acids is 2. The molecule has 1 fully saturated rings. The van der Waals surface area contributed by atoms with Crippen LogP contribution in [0.25, 0.3) is 17.1 Å². The molecule has 1 aromatic heterocycles. The molecule has 2 N–H and O–H groups in total. The molecule has 0 aliphatic carbocycles. The van der Waals surface area contributed by atoms with Crippen molar-refractivity contribution in [3.63, 3.8) is 0 Å². The molecule has 1 atom stereocenters. The van der Waals surface area contributed by atoms with Crippen LogP contribution in [0.5, 0.6) is 0 Å². The fourth-order valence-corrected chi connectivity index (χ4v) is 3.06. The SMILES string of the molecule is O=C(NC1CCCNC1=O)c1nc(-c2ccccc2)n(-c2ccccc2)n1. The molecule has 2 amide bonds. The Hall–Kier alpha value is -3.48. The second-order valence-corrected chi connectivity index (χ2v) is 6.33. The molecule has 1 aliphatic rings. The summed E-state index contributed by atoms with van der Waals surface area (Å²) in [5.74, 6) is -0.0135. The Bertz CT molecular complexity index is 896. The maximum Gasteiger partial charge on any atom is 0.291 e. The Kier molecular flexibility index (Phi) is 4.65. The van der Waals surface area contributed by atoms with Crippen molar-refractivity contribution < 1.29 is 9.59 Å². The number of nitrogens with zero attached hydrogens (tertiary/aromatic N) is 3. The lowest BCUT2D eigenvalue weighted by Gasteiger charge is -2.22. The van der Waals surface area contributed by atoms with E-state index in [4.69, 9.17) is 0 Å². The van der Waals surface area contributed by atoms with Gasteiger partial charge in [0.15, 0.2) is 5.82 Å². The number of hydrogen-bond donors (Lipinski definition) is 2. The Labute approximate surface area is 156 Å². The van der Waals surface area contributed by atoms with E-state index in [-0.39, 0.29) is 11.7 Å². The van der Waals surface area contributed by atoms with Crippen LogP contribution < -0.4 is 10.6 Å². The first-order valence-corrected chi connectivity index (χ1v) is 8.89. The molecule has 1 saturated heterocycles. The molecule has 7 heteroatoms. The van der Waals surface area contributed by atoms with Crippen molar-refractivity contribution in [3.05, 3.63) is 66.5 Å². The molecule has 27 heavy (non-hydrogen) atoms. The second kappa shape index (κ2) is 7.41. The van der Waals surface area contributed by atoms with Crippen LogP contribution in [0.4, 0.5) is 0 Å².